The zero-order chi connectivity index (χ0) is 14.3. The zero-order valence-corrected chi connectivity index (χ0v) is 11.2. The van der Waals surface area contributed by atoms with Crippen LogP contribution in [-0.2, 0) is 25.7 Å². The Morgan fingerprint density at radius 3 is 2.16 bits per heavy atom. The molecule has 0 saturated heterocycles. The van der Waals surface area contributed by atoms with Crippen molar-refractivity contribution in [3.05, 3.63) is 35.9 Å². The Kier molecular flexibility index (Phi) is 6.09. The van der Waals surface area contributed by atoms with Gasteiger partial charge in [0.2, 0.25) is 0 Å². The first-order valence-electron chi connectivity index (χ1n) is 6.15. The lowest BCUT2D eigenvalue weighted by atomic mass is 9.95. The normalized spacial score (nSPS) is 10.5. The van der Waals surface area contributed by atoms with E-state index >= 15 is 0 Å². The molecule has 4 nitrogen and oxygen atoms in total. The van der Waals surface area contributed by atoms with E-state index in [4.69, 9.17) is 4.74 Å². The van der Waals surface area contributed by atoms with E-state index in [2.05, 4.69) is 0 Å². The zero-order valence-electron chi connectivity index (χ0n) is 11.2. The predicted octanol–water partition coefficient (Wildman–Crippen LogP) is 1.96. The van der Waals surface area contributed by atoms with Gasteiger partial charge in [-0.25, -0.2) is 0 Å². The molecule has 0 N–H and O–H groups in total. The monoisotopic (exact) mass is 262 g/mol. The molecule has 19 heavy (non-hydrogen) atoms. The standard InChI is InChI=1S/C15H18O4/c1-11(16)15(12(2)17)8-14(18)10-19-9-13-6-4-3-5-7-13/h3-7,15H,8-10H2,1-2H3. The summed E-state index contributed by atoms with van der Waals surface area (Å²) in [7, 11) is 0. The van der Waals surface area contributed by atoms with Crippen LogP contribution in [0.1, 0.15) is 25.8 Å². The molecule has 0 aromatic heterocycles. The van der Waals surface area contributed by atoms with Crippen molar-refractivity contribution in [3.8, 4) is 0 Å². The first-order chi connectivity index (χ1) is 9.00. The van der Waals surface area contributed by atoms with E-state index in [1.807, 2.05) is 30.3 Å². The molecule has 1 aromatic carbocycles. The Hall–Kier alpha value is -1.81. The third kappa shape index (κ3) is 5.57. The van der Waals surface area contributed by atoms with Crippen LogP contribution in [0, 0.1) is 5.92 Å². The van der Waals surface area contributed by atoms with Crippen molar-refractivity contribution in [3.63, 3.8) is 0 Å². The van der Waals surface area contributed by atoms with Gasteiger partial charge in [-0.05, 0) is 19.4 Å². The molecule has 1 rings (SSSR count). The first-order valence-corrected chi connectivity index (χ1v) is 6.15. The van der Waals surface area contributed by atoms with E-state index in [0.717, 1.165) is 5.56 Å². The Morgan fingerprint density at radius 2 is 1.63 bits per heavy atom. The fourth-order valence-corrected chi connectivity index (χ4v) is 1.72. The van der Waals surface area contributed by atoms with Crippen LogP contribution in [0.15, 0.2) is 30.3 Å². The molecule has 0 aliphatic carbocycles. The molecule has 0 saturated carbocycles. The van der Waals surface area contributed by atoms with Crippen LogP contribution in [0.4, 0.5) is 0 Å². The highest BCUT2D eigenvalue weighted by Gasteiger charge is 2.22. The topological polar surface area (TPSA) is 60.4 Å². The lowest BCUT2D eigenvalue weighted by Crippen LogP contribution is -2.24. The minimum absolute atomic E-state index is 0.0700. The maximum absolute atomic E-state index is 11.6. The smallest absolute Gasteiger partial charge is 0.159 e. The van der Waals surface area contributed by atoms with Crippen molar-refractivity contribution in [2.75, 3.05) is 6.61 Å². The van der Waals surface area contributed by atoms with Crippen LogP contribution in [-0.4, -0.2) is 24.0 Å². The summed E-state index contributed by atoms with van der Waals surface area (Å²) >= 11 is 0. The highest BCUT2D eigenvalue weighted by molar-refractivity contribution is 6.03. The third-order valence-corrected chi connectivity index (χ3v) is 2.79. The van der Waals surface area contributed by atoms with Crippen LogP contribution < -0.4 is 0 Å². The molecule has 1 aromatic rings. The number of ether oxygens (including phenoxy) is 1. The Bertz CT molecular complexity index is 436. The van der Waals surface area contributed by atoms with Crippen LogP contribution in [0.25, 0.3) is 0 Å². The van der Waals surface area contributed by atoms with Gasteiger partial charge in [-0.15, -0.1) is 0 Å². The van der Waals surface area contributed by atoms with E-state index in [9.17, 15) is 14.4 Å². The summed E-state index contributed by atoms with van der Waals surface area (Å²) in [5.41, 5.74) is 0.977. The minimum atomic E-state index is -0.826. The van der Waals surface area contributed by atoms with Crippen LogP contribution in [0.3, 0.4) is 0 Å². The van der Waals surface area contributed by atoms with Crippen molar-refractivity contribution in [1.82, 2.24) is 0 Å². The number of ketones is 3. The van der Waals surface area contributed by atoms with E-state index in [1.165, 1.54) is 13.8 Å². The number of benzene rings is 1. The van der Waals surface area contributed by atoms with Gasteiger partial charge in [-0.3, -0.25) is 14.4 Å². The van der Waals surface area contributed by atoms with Gasteiger partial charge in [0.05, 0.1) is 12.5 Å². The van der Waals surface area contributed by atoms with E-state index in [0.29, 0.717) is 6.61 Å². The summed E-state index contributed by atoms with van der Waals surface area (Å²) in [6.07, 6.45) is -0.0700. The van der Waals surface area contributed by atoms with Gasteiger partial charge >= 0.3 is 0 Å². The van der Waals surface area contributed by atoms with Crippen molar-refractivity contribution in [1.29, 1.82) is 0 Å². The molecule has 0 unspecified atom stereocenters. The molecule has 0 atom stereocenters. The number of hydrogen-bond acceptors (Lipinski definition) is 4. The second kappa shape index (κ2) is 7.59. The van der Waals surface area contributed by atoms with Gasteiger partial charge in [0.1, 0.15) is 18.2 Å². The maximum Gasteiger partial charge on any atom is 0.159 e. The third-order valence-electron chi connectivity index (χ3n) is 2.79. The molecular weight excluding hydrogens is 244 g/mol. The average Bonchev–Trinajstić information content (AvgIpc) is 2.36. The minimum Gasteiger partial charge on any atom is -0.369 e. The quantitative estimate of drug-likeness (QED) is 0.672. The SMILES string of the molecule is CC(=O)C(CC(=O)COCc1ccccc1)C(C)=O. The van der Waals surface area contributed by atoms with E-state index in [1.54, 1.807) is 0 Å². The molecule has 0 amide bonds. The fourth-order valence-electron chi connectivity index (χ4n) is 1.72. The van der Waals surface area contributed by atoms with Crippen LogP contribution in [0.5, 0.6) is 0 Å². The number of hydrogen-bond donors (Lipinski definition) is 0. The van der Waals surface area contributed by atoms with Gasteiger partial charge in [0.15, 0.2) is 5.78 Å². The molecule has 0 heterocycles. The molecule has 0 aliphatic rings. The molecule has 0 fully saturated rings. The Labute approximate surface area is 112 Å². The molecule has 0 aliphatic heterocycles. The number of Topliss-reactive ketones (excluding diaryl/α,β-unsaturated/α-hetero) is 3. The van der Waals surface area contributed by atoms with Crippen molar-refractivity contribution in [2.45, 2.75) is 26.9 Å². The molecule has 102 valence electrons. The summed E-state index contributed by atoms with van der Waals surface area (Å²) in [5, 5.41) is 0. The largest absolute Gasteiger partial charge is 0.369 e. The average molecular weight is 262 g/mol. The number of rotatable bonds is 8. The highest BCUT2D eigenvalue weighted by Crippen LogP contribution is 2.08. The molecule has 0 radical (unpaired) electrons. The lowest BCUT2D eigenvalue weighted by Gasteiger charge is -2.09. The second-order valence-corrected chi connectivity index (χ2v) is 4.50. The first kappa shape index (κ1) is 15.2. The van der Waals surface area contributed by atoms with Gasteiger partial charge in [-0.1, -0.05) is 30.3 Å². The van der Waals surface area contributed by atoms with Crippen molar-refractivity contribution >= 4 is 17.3 Å². The molecule has 0 spiro atoms. The summed E-state index contributed by atoms with van der Waals surface area (Å²) in [6.45, 7) is 2.91. The molecule has 0 bridgehead atoms. The Balaban J connectivity index is 2.35. The van der Waals surface area contributed by atoms with E-state index in [-0.39, 0.29) is 30.4 Å². The maximum atomic E-state index is 11.6. The summed E-state index contributed by atoms with van der Waals surface area (Å²) in [6, 6.07) is 9.49. The summed E-state index contributed by atoms with van der Waals surface area (Å²) in [5.74, 6) is -1.60. The van der Waals surface area contributed by atoms with Gasteiger partial charge in [-0.2, -0.15) is 0 Å². The lowest BCUT2D eigenvalue weighted by molar-refractivity contribution is -0.136. The summed E-state index contributed by atoms with van der Waals surface area (Å²) in [4.78, 5) is 34.0. The fraction of sp³-hybridized carbons (Fsp3) is 0.400. The van der Waals surface area contributed by atoms with Crippen molar-refractivity contribution < 1.29 is 19.1 Å². The highest BCUT2D eigenvalue weighted by atomic mass is 16.5. The van der Waals surface area contributed by atoms with Gasteiger partial charge in [0.25, 0.3) is 0 Å². The number of carbonyl (C=O) groups is 3. The molecule has 4 heteroatoms. The summed E-state index contributed by atoms with van der Waals surface area (Å²) < 4.78 is 5.27. The second-order valence-electron chi connectivity index (χ2n) is 4.50. The van der Waals surface area contributed by atoms with Crippen LogP contribution >= 0.6 is 0 Å². The number of carbonyl (C=O) groups excluding carboxylic acids is 3. The predicted molar refractivity (Wildman–Crippen MR) is 70.6 cm³/mol. The Morgan fingerprint density at radius 1 is 1.05 bits per heavy atom. The van der Waals surface area contributed by atoms with E-state index < -0.39 is 5.92 Å². The van der Waals surface area contributed by atoms with Gasteiger partial charge < -0.3 is 4.74 Å². The van der Waals surface area contributed by atoms with Crippen LogP contribution in [0.2, 0.25) is 0 Å². The van der Waals surface area contributed by atoms with Gasteiger partial charge in [0, 0.05) is 6.42 Å². The molecular formula is C15H18O4. The van der Waals surface area contributed by atoms with Crippen molar-refractivity contribution in [2.24, 2.45) is 5.92 Å².